The zero-order valence-corrected chi connectivity index (χ0v) is 12.5. The normalized spacial score (nSPS) is 17.9. The third-order valence-corrected chi connectivity index (χ3v) is 4.30. The molecule has 1 fully saturated rings. The van der Waals surface area contributed by atoms with Gasteiger partial charge in [0.15, 0.2) is 5.65 Å². The number of nitrogens with one attached hydrogen (secondary N) is 1. The van der Waals surface area contributed by atoms with Gasteiger partial charge >= 0.3 is 0 Å². The number of hydrogen-bond donors (Lipinski definition) is 1. The number of nitrogens with zero attached hydrogens (tertiary/aromatic N) is 3. The van der Waals surface area contributed by atoms with Gasteiger partial charge in [-0.25, -0.2) is 9.97 Å². The molecule has 2 heterocycles. The summed E-state index contributed by atoms with van der Waals surface area (Å²) in [6.45, 7) is 0. The Bertz CT molecular complexity index is 565. The number of anilines is 1. The Hall–Kier alpha value is -1.58. The van der Waals surface area contributed by atoms with Crippen molar-refractivity contribution in [2.24, 2.45) is 0 Å². The zero-order valence-electron chi connectivity index (χ0n) is 12.5. The minimum atomic E-state index is 0.590. The second-order valence-corrected chi connectivity index (χ2v) is 6.10. The molecule has 2 aromatic rings. The molecule has 3 rings (SSSR count). The summed E-state index contributed by atoms with van der Waals surface area (Å²) in [5.41, 5.74) is 1.92. The summed E-state index contributed by atoms with van der Waals surface area (Å²) in [6.07, 6.45) is 9.34. The van der Waals surface area contributed by atoms with Crippen molar-refractivity contribution < 1.29 is 0 Å². The van der Waals surface area contributed by atoms with E-state index in [9.17, 15) is 0 Å². The maximum absolute atomic E-state index is 4.76. The Morgan fingerprint density at radius 3 is 2.40 bits per heavy atom. The predicted octanol–water partition coefficient (Wildman–Crippen LogP) is 3.85. The van der Waals surface area contributed by atoms with Gasteiger partial charge in [0.25, 0.3) is 0 Å². The van der Waals surface area contributed by atoms with Gasteiger partial charge in [-0.15, -0.1) is 0 Å². The summed E-state index contributed by atoms with van der Waals surface area (Å²) in [4.78, 5) is 14.9. The van der Waals surface area contributed by atoms with E-state index in [-0.39, 0.29) is 0 Å². The van der Waals surface area contributed by atoms with E-state index in [0.29, 0.717) is 5.92 Å². The summed E-state index contributed by atoms with van der Waals surface area (Å²) in [6, 6.07) is 4.14. The molecule has 4 heteroatoms. The summed E-state index contributed by atoms with van der Waals surface area (Å²) >= 11 is 0. The van der Waals surface area contributed by atoms with Gasteiger partial charge in [-0.3, -0.25) is 0 Å². The fourth-order valence-electron chi connectivity index (χ4n) is 3.07. The molecule has 2 aromatic heterocycles. The SMILES string of the molecule is CN(C)c1ccc2[nH]c(C3CCCCCCC3)nc2n1. The molecule has 1 aliphatic rings. The lowest BCUT2D eigenvalue weighted by Gasteiger charge is -2.17. The van der Waals surface area contributed by atoms with Crippen LogP contribution >= 0.6 is 0 Å². The van der Waals surface area contributed by atoms with E-state index in [1.54, 1.807) is 0 Å². The number of fused-ring (bicyclic) bond motifs is 1. The van der Waals surface area contributed by atoms with Crippen LogP contribution in [0.1, 0.15) is 56.7 Å². The van der Waals surface area contributed by atoms with Gasteiger partial charge in [0.2, 0.25) is 0 Å². The Balaban J connectivity index is 1.87. The van der Waals surface area contributed by atoms with E-state index >= 15 is 0 Å². The quantitative estimate of drug-likeness (QED) is 0.903. The molecule has 0 aliphatic heterocycles. The van der Waals surface area contributed by atoms with Gasteiger partial charge in [0.1, 0.15) is 11.6 Å². The van der Waals surface area contributed by atoms with E-state index in [4.69, 9.17) is 4.98 Å². The van der Waals surface area contributed by atoms with Crippen molar-refractivity contribution in [3.05, 3.63) is 18.0 Å². The molecule has 1 N–H and O–H groups in total. The molecule has 0 radical (unpaired) electrons. The van der Waals surface area contributed by atoms with E-state index in [1.807, 2.05) is 25.1 Å². The van der Waals surface area contributed by atoms with Crippen molar-refractivity contribution in [1.29, 1.82) is 0 Å². The van der Waals surface area contributed by atoms with Crippen molar-refractivity contribution in [2.75, 3.05) is 19.0 Å². The number of H-pyrrole nitrogens is 1. The zero-order chi connectivity index (χ0) is 13.9. The van der Waals surface area contributed by atoms with Crippen LogP contribution in [0, 0.1) is 0 Å². The van der Waals surface area contributed by atoms with Crippen LogP contribution in [-0.2, 0) is 0 Å². The first-order valence-corrected chi connectivity index (χ1v) is 7.78. The summed E-state index contributed by atoms with van der Waals surface area (Å²) in [7, 11) is 4.02. The van der Waals surface area contributed by atoms with Crippen LogP contribution < -0.4 is 4.90 Å². The lowest BCUT2D eigenvalue weighted by molar-refractivity contribution is 0.445. The van der Waals surface area contributed by atoms with Crippen molar-refractivity contribution >= 4 is 17.0 Å². The highest BCUT2D eigenvalue weighted by molar-refractivity contribution is 5.73. The second-order valence-electron chi connectivity index (χ2n) is 6.10. The molecular formula is C16H24N4. The van der Waals surface area contributed by atoms with Gasteiger partial charge in [0, 0.05) is 20.0 Å². The average molecular weight is 272 g/mol. The Kier molecular flexibility index (Phi) is 3.90. The smallest absolute Gasteiger partial charge is 0.179 e. The molecule has 0 bridgehead atoms. The fourth-order valence-corrected chi connectivity index (χ4v) is 3.07. The van der Waals surface area contributed by atoms with Gasteiger partial charge in [-0.05, 0) is 25.0 Å². The molecular weight excluding hydrogens is 248 g/mol. The fraction of sp³-hybridized carbons (Fsp3) is 0.625. The van der Waals surface area contributed by atoms with Gasteiger partial charge in [-0.2, -0.15) is 0 Å². The number of aromatic nitrogens is 3. The van der Waals surface area contributed by atoms with E-state index < -0.39 is 0 Å². The molecule has 0 atom stereocenters. The number of hydrogen-bond acceptors (Lipinski definition) is 3. The van der Waals surface area contributed by atoms with Gasteiger partial charge < -0.3 is 9.88 Å². The first-order chi connectivity index (χ1) is 9.74. The highest BCUT2D eigenvalue weighted by Gasteiger charge is 2.17. The van der Waals surface area contributed by atoms with Crippen molar-refractivity contribution in [2.45, 2.75) is 50.9 Å². The Labute approximate surface area is 120 Å². The first-order valence-electron chi connectivity index (χ1n) is 7.78. The molecule has 0 unspecified atom stereocenters. The molecule has 0 spiro atoms. The lowest BCUT2D eigenvalue weighted by Crippen LogP contribution is -2.10. The van der Waals surface area contributed by atoms with Crippen LogP contribution in [0.25, 0.3) is 11.2 Å². The number of rotatable bonds is 2. The maximum Gasteiger partial charge on any atom is 0.179 e. The van der Waals surface area contributed by atoms with E-state index in [0.717, 1.165) is 22.8 Å². The van der Waals surface area contributed by atoms with Gasteiger partial charge in [-0.1, -0.05) is 32.1 Å². The molecule has 4 nitrogen and oxygen atoms in total. The number of pyridine rings is 1. The number of imidazole rings is 1. The molecule has 108 valence electrons. The van der Waals surface area contributed by atoms with E-state index in [2.05, 4.69) is 16.0 Å². The topological polar surface area (TPSA) is 44.8 Å². The third kappa shape index (κ3) is 2.79. The molecule has 0 amide bonds. The highest BCUT2D eigenvalue weighted by Crippen LogP contribution is 2.30. The van der Waals surface area contributed by atoms with Gasteiger partial charge in [0.05, 0.1) is 5.52 Å². The predicted molar refractivity (Wildman–Crippen MR) is 83.3 cm³/mol. The summed E-state index contributed by atoms with van der Waals surface area (Å²) in [5.74, 6) is 2.70. The summed E-state index contributed by atoms with van der Waals surface area (Å²) < 4.78 is 0. The second kappa shape index (κ2) is 5.81. The van der Waals surface area contributed by atoms with Crippen LogP contribution in [0.5, 0.6) is 0 Å². The van der Waals surface area contributed by atoms with Crippen molar-refractivity contribution in [3.8, 4) is 0 Å². The molecule has 20 heavy (non-hydrogen) atoms. The van der Waals surface area contributed by atoms with Crippen LogP contribution in [0.3, 0.4) is 0 Å². The van der Waals surface area contributed by atoms with Crippen LogP contribution in [0.15, 0.2) is 12.1 Å². The standard InChI is InChI=1S/C16H24N4/c1-20(2)14-11-10-13-16(18-14)19-15(17-13)12-8-6-4-3-5-7-9-12/h10-12H,3-9H2,1-2H3,(H,17,18,19). The van der Waals surface area contributed by atoms with Crippen LogP contribution in [-0.4, -0.2) is 29.0 Å². The van der Waals surface area contributed by atoms with Crippen molar-refractivity contribution in [3.63, 3.8) is 0 Å². The molecule has 1 aliphatic carbocycles. The van der Waals surface area contributed by atoms with Crippen LogP contribution in [0.2, 0.25) is 0 Å². The minimum absolute atomic E-state index is 0.590. The van der Waals surface area contributed by atoms with Crippen LogP contribution in [0.4, 0.5) is 5.82 Å². The molecule has 1 saturated carbocycles. The maximum atomic E-state index is 4.76. The Morgan fingerprint density at radius 1 is 1.00 bits per heavy atom. The largest absolute Gasteiger partial charge is 0.363 e. The monoisotopic (exact) mass is 272 g/mol. The minimum Gasteiger partial charge on any atom is -0.363 e. The summed E-state index contributed by atoms with van der Waals surface area (Å²) in [5, 5.41) is 0. The molecule has 0 aromatic carbocycles. The Morgan fingerprint density at radius 2 is 1.70 bits per heavy atom. The molecule has 0 saturated heterocycles. The average Bonchev–Trinajstić information content (AvgIpc) is 2.80. The first kappa shape index (κ1) is 13.4. The number of aromatic amines is 1. The van der Waals surface area contributed by atoms with E-state index in [1.165, 1.54) is 44.9 Å². The third-order valence-electron chi connectivity index (χ3n) is 4.30. The van der Waals surface area contributed by atoms with Crippen molar-refractivity contribution in [1.82, 2.24) is 15.0 Å². The highest BCUT2D eigenvalue weighted by atomic mass is 15.1. The lowest BCUT2D eigenvalue weighted by atomic mass is 9.91.